The summed E-state index contributed by atoms with van der Waals surface area (Å²) in [5.41, 5.74) is 0.955. The lowest BCUT2D eigenvalue weighted by molar-refractivity contribution is 0.0623. The van der Waals surface area contributed by atoms with Crippen LogP contribution in [0.5, 0.6) is 5.75 Å². The highest BCUT2D eigenvalue weighted by Crippen LogP contribution is 2.31. The van der Waals surface area contributed by atoms with Gasteiger partial charge in [-0.25, -0.2) is 8.42 Å². The topological polar surface area (TPSA) is 66.9 Å². The van der Waals surface area contributed by atoms with E-state index in [2.05, 4.69) is 13.8 Å². The van der Waals surface area contributed by atoms with Crippen molar-refractivity contribution >= 4 is 21.6 Å². The average molecular weight is 417 g/mol. The summed E-state index contributed by atoms with van der Waals surface area (Å²) in [6, 6.07) is 13.1. The van der Waals surface area contributed by atoms with Crippen LogP contribution in [0.2, 0.25) is 0 Å². The number of carbonyl (C=O) groups excluding carboxylic acids is 1. The first kappa shape index (κ1) is 21.2. The van der Waals surface area contributed by atoms with E-state index in [0.29, 0.717) is 28.8 Å². The van der Waals surface area contributed by atoms with Crippen molar-refractivity contribution in [1.82, 2.24) is 4.90 Å². The molecule has 1 saturated heterocycles. The van der Waals surface area contributed by atoms with Crippen LogP contribution >= 0.6 is 0 Å². The van der Waals surface area contributed by atoms with E-state index in [9.17, 15) is 13.2 Å². The molecular formula is C22H28N2O4S. The Morgan fingerprint density at radius 2 is 1.62 bits per heavy atom. The molecule has 2 unspecified atom stereocenters. The van der Waals surface area contributed by atoms with Gasteiger partial charge in [0.15, 0.2) is 0 Å². The molecule has 1 aliphatic rings. The second-order valence-corrected chi connectivity index (χ2v) is 9.79. The first-order valence-corrected chi connectivity index (χ1v) is 11.2. The Balaban J connectivity index is 1.82. The number of hydrogen-bond donors (Lipinski definition) is 0. The number of methoxy groups -OCH3 is 1. The van der Waals surface area contributed by atoms with Gasteiger partial charge in [-0.1, -0.05) is 26.0 Å². The van der Waals surface area contributed by atoms with Crippen molar-refractivity contribution in [3.63, 3.8) is 0 Å². The highest BCUT2D eigenvalue weighted by atomic mass is 32.2. The third kappa shape index (κ3) is 4.40. The van der Waals surface area contributed by atoms with Crippen molar-refractivity contribution in [3.05, 3.63) is 54.1 Å². The lowest BCUT2D eigenvalue weighted by Crippen LogP contribution is -2.42. The predicted molar refractivity (Wildman–Crippen MR) is 114 cm³/mol. The summed E-state index contributed by atoms with van der Waals surface area (Å²) in [6.45, 7) is 5.78. The largest absolute Gasteiger partial charge is 0.495 e. The van der Waals surface area contributed by atoms with Crippen LogP contribution < -0.4 is 9.04 Å². The number of carbonyl (C=O) groups is 1. The van der Waals surface area contributed by atoms with Crippen LogP contribution in [-0.2, 0) is 10.0 Å². The third-order valence-corrected chi connectivity index (χ3v) is 7.13. The lowest BCUT2D eigenvalue weighted by atomic mass is 9.91. The van der Waals surface area contributed by atoms with E-state index < -0.39 is 10.0 Å². The van der Waals surface area contributed by atoms with Crippen LogP contribution in [0.25, 0.3) is 0 Å². The fourth-order valence-electron chi connectivity index (χ4n) is 3.96. The number of amides is 1. The third-order valence-electron chi connectivity index (χ3n) is 5.34. The van der Waals surface area contributed by atoms with Gasteiger partial charge in [-0.05, 0) is 54.7 Å². The molecule has 0 radical (unpaired) electrons. The van der Waals surface area contributed by atoms with Gasteiger partial charge in [0.1, 0.15) is 5.75 Å². The Morgan fingerprint density at radius 3 is 2.21 bits per heavy atom. The molecule has 2 atom stereocenters. The van der Waals surface area contributed by atoms with Crippen LogP contribution in [0.4, 0.5) is 5.69 Å². The van der Waals surface area contributed by atoms with Crippen molar-refractivity contribution in [3.8, 4) is 5.75 Å². The summed E-state index contributed by atoms with van der Waals surface area (Å²) in [5, 5.41) is 0. The van der Waals surface area contributed by atoms with Gasteiger partial charge in [-0.15, -0.1) is 0 Å². The molecular weight excluding hydrogens is 388 g/mol. The molecule has 156 valence electrons. The van der Waals surface area contributed by atoms with Gasteiger partial charge in [0, 0.05) is 25.7 Å². The summed E-state index contributed by atoms with van der Waals surface area (Å²) in [6.07, 6.45) is 1.12. The molecule has 2 aromatic rings. The molecule has 1 amide bonds. The standard InChI is InChI=1S/C22H28N2O4S/c1-16-13-17(2)15-24(14-16)22(25)18-9-11-19(12-10-18)29(26,27)23(3)20-7-5-6-8-21(20)28-4/h5-12,16-17H,13-15H2,1-4H3. The minimum absolute atomic E-state index is 0.0505. The monoisotopic (exact) mass is 416 g/mol. The Bertz CT molecular complexity index is 963. The lowest BCUT2D eigenvalue weighted by Gasteiger charge is -2.35. The van der Waals surface area contributed by atoms with E-state index in [1.807, 2.05) is 4.90 Å². The number of likely N-dealkylation sites (tertiary alicyclic amines) is 1. The van der Waals surface area contributed by atoms with Crippen LogP contribution in [-0.4, -0.2) is 46.5 Å². The van der Waals surface area contributed by atoms with Crippen molar-refractivity contribution in [2.75, 3.05) is 31.6 Å². The van der Waals surface area contributed by atoms with E-state index in [0.717, 1.165) is 19.5 Å². The molecule has 7 heteroatoms. The molecule has 2 aromatic carbocycles. The van der Waals surface area contributed by atoms with Crippen molar-refractivity contribution < 1.29 is 17.9 Å². The SMILES string of the molecule is COc1ccccc1N(C)S(=O)(=O)c1ccc(C(=O)N2CC(C)CC(C)C2)cc1. The number of para-hydroxylation sites is 2. The van der Waals surface area contributed by atoms with Gasteiger partial charge in [-0.2, -0.15) is 0 Å². The van der Waals surface area contributed by atoms with E-state index in [4.69, 9.17) is 4.74 Å². The highest BCUT2D eigenvalue weighted by Gasteiger charge is 2.27. The number of benzene rings is 2. The van der Waals surface area contributed by atoms with E-state index in [1.54, 1.807) is 36.4 Å². The zero-order chi connectivity index (χ0) is 21.2. The second kappa shape index (κ2) is 8.45. The number of sulfonamides is 1. The van der Waals surface area contributed by atoms with Crippen LogP contribution in [0.15, 0.2) is 53.4 Å². The quantitative estimate of drug-likeness (QED) is 0.746. The first-order valence-electron chi connectivity index (χ1n) is 9.75. The molecule has 0 aromatic heterocycles. The number of anilines is 1. The molecule has 1 heterocycles. The maximum atomic E-state index is 13.0. The average Bonchev–Trinajstić information content (AvgIpc) is 2.72. The maximum absolute atomic E-state index is 13.0. The molecule has 0 N–H and O–H groups in total. The fraction of sp³-hybridized carbons (Fsp3) is 0.409. The molecule has 1 fully saturated rings. The van der Waals surface area contributed by atoms with Gasteiger partial charge in [-0.3, -0.25) is 9.10 Å². The molecule has 0 spiro atoms. The van der Waals surface area contributed by atoms with Crippen molar-refractivity contribution in [2.24, 2.45) is 11.8 Å². The number of piperidine rings is 1. The van der Waals surface area contributed by atoms with E-state index in [-0.39, 0.29) is 10.8 Å². The highest BCUT2D eigenvalue weighted by molar-refractivity contribution is 7.92. The Hall–Kier alpha value is -2.54. The van der Waals surface area contributed by atoms with E-state index >= 15 is 0 Å². The number of ether oxygens (including phenoxy) is 1. The Morgan fingerprint density at radius 1 is 1.03 bits per heavy atom. The minimum atomic E-state index is -3.78. The summed E-state index contributed by atoms with van der Waals surface area (Å²) >= 11 is 0. The molecule has 0 saturated carbocycles. The molecule has 6 nitrogen and oxygen atoms in total. The van der Waals surface area contributed by atoms with Crippen LogP contribution in [0.3, 0.4) is 0 Å². The smallest absolute Gasteiger partial charge is 0.264 e. The van der Waals surface area contributed by atoms with Crippen LogP contribution in [0.1, 0.15) is 30.6 Å². The summed E-state index contributed by atoms with van der Waals surface area (Å²) in [5.74, 6) is 1.36. The minimum Gasteiger partial charge on any atom is -0.495 e. The normalized spacial score (nSPS) is 19.7. The molecule has 0 bridgehead atoms. The van der Waals surface area contributed by atoms with Crippen molar-refractivity contribution in [2.45, 2.75) is 25.2 Å². The summed E-state index contributed by atoms with van der Waals surface area (Å²) < 4.78 is 32.6. The van der Waals surface area contributed by atoms with Gasteiger partial charge in [0.2, 0.25) is 0 Å². The Labute approximate surface area is 173 Å². The summed E-state index contributed by atoms with van der Waals surface area (Å²) in [4.78, 5) is 14.8. The van der Waals surface area contributed by atoms with Gasteiger partial charge >= 0.3 is 0 Å². The predicted octanol–water partition coefficient (Wildman–Crippen LogP) is 3.64. The van der Waals surface area contributed by atoms with E-state index in [1.165, 1.54) is 30.6 Å². The zero-order valence-electron chi connectivity index (χ0n) is 17.3. The van der Waals surface area contributed by atoms with Gasteiger partial charge < -0.3 is 9.64 Å². The zero-order valence-corrected chi connectivity index (χ0v) is 18.1. The molecule has 3 rings (SSSR count). The first-order chi connectivity index (χ1) is 13.7. The van der Waals surface area contributed by atoms with Gasteiger partial charge in [0.05, 0.1) is 17.7 Å². The Kier molecular flexibility index (Phi) is 6.17. The molecule has 1 aliphatic heterocycles. The maximum Gasteiger partial charge on any atom is 0.264 e. The summed E-state index contributed by atoms with van der Waals surface area (Å²) in [7, 11) is -0.790. The van der Waals surface area contributed by atoms with Gasteiger partial charge in [0.25, 0.3) is 15.9 Å². The molecule has 29 heavy (non-hydrogen) atoms. The number of nitrogens with zero attached hydrogens (tertiary/aromatic N) is 2. The molecule has 0 aliphatic carbocycles. The second-order valence-electron chi connectivity index (χ2n) is 7.82. The van der Waals surface area contributed by atoms with Crippen molar-refractivity contribution in [1.29, 1.82) is 0 Å². The van der Waals surface area contributed by atoms with Crippen LogP contribution in [0, 0.1) is 11.8 Å². The number of rotatable bonds is 5. The number of hydrogen-bond acceptors (Lipinski definition) is 4. The fourth-order valence-corrected chi connectivity index (χ4v) is 5.16.